The zero-order valence-electron chi connectivity index (χ0n) is 15.7. The summed E-state index contributed by atoms with van der Waals surface area (Å²) in [5, 5.41) is 2.91. The minimum atomic E-state index is -0.798. The molecule has 5 heteroatoms. The van der Waals surface area contributed by atoms with E-state index in [0.29, 0.717) is 13.0 Å². The third-order valence-electron chi connectivity index (χ3n) is 4.34. The number of likely N-dealkylation sites (N-methyl/N-ethyl adjacent to an activating group) is 1. The van der Waals surface area contributed by atoms with Crippen molar-refractivity contribution in [3.05, 3.63) is 24.3 Å². The van der Waals surface area contributed by atoms with Gasteiger partial charge in [0.2, 0.25) is 0 Å². The molecular formula is C19H32N2O3. The molecule has 1 N–H and O–H groups in total. The fraction of sp³-hybridized carbons (Fsp3) is 0.632. The molecule has 0 saturated carbocycles. The van der Waals surface area contributed by atoms with Gasteiger partial charge in [-0.25, -0.2) is 0 Å². The van der Waals surface area contributed by atoms with Crippen LogP contribution in [0.1, 0.15) is 40.5 Å². The molecule has 0 saturated heterocycles. The van der Waals surface area contributed by atoms with E-state index in [1.54, 1.807) is 7.11 Å². The molecule has 1 amide bonds. The van der Waals surface area contributed by atoms with Gasteiger partial charge >= 0.3 is 0 Å². The van der Waals surface area contributed by atoms with E-state index in [2.05, 4.69) is 24.1 Å². The average Bonchev–Trinajstić information content (AvgIpc) is 2.60. The lowest BCUT2D eigenvalue weighted by atomic mass is 9.99. The Balaban J connectivity index is 2.54. The number of ether oxygens (including phenoxy) is 2. The second kappa shape index (κ2) is 10.3. The molecule has 0 aliphatic carbocycles. The van der Waals surface area contributed by atoms with Crippen LogP contribution in [0.4, 0.5) is 5.69 Å². The Bertz CT molecular complexity index is 486. The maximum Gasteiger partial charge on any atom is 0.256 e. The molecule has 0 aliphatic rings. The number of methoxy groups -OCH3 is 1. The summed E-state index contributed by atoms with van der Waals surface area (Å²) in [5.41, 5.74) is -0.0521. The molecule has 0 aliphatic heterocycles. The van der Waals surface area contributed by atoms with Crippen molar-refractivity contribution in [1.29, 1.82) is 0 Å². The van der Waals surface area contributed by atoms with E-state index in [9.17, 15) is 4.79 Å². The van der Waals surface area contributed by atoms with Crippen molar-refractivity contribution in [3.63, 3.8) is 0 Å². The number of hydrogen-bond acceptors (Lipinski definition) is 4. The fourth-order valence-electron chi connectivity index (χ4n) is 2.52. The van der Waals surface area contributed by atoms with Gasteiger partial charge in [-0.3, -0.25) is 4.79 Å². The van der Waals surface area contributed by atoms with Crippen molar-refractivity contribution >= 4 is 11.6 Å². The van der Waals surface area contributed by atoms with E-state index in [4.69, 9.17) is 9.47 Å². The van der Waals surface area contributed by atoms with Gasteiger partial charge in [-0.15, -0.1) is 0 Å². The smallest absolute Gasteiger partial charge is 0.256 e. The predicted octanol–water partition coefficient (Wildman–Crippen LogP) is 3.55. The van der Waals surface area contributed by atoms with Crippen LogP contribution in [0.15, 0.2) is 24.3 Å². The summed E-state index contributed by atoms with van der Waals surface area (Å²) >= 11 is 0. The number of hydrogen-bond donors (Lipinski definition) is 1. The molecule has 0 radical (unpaired) electrons. The summed E-state index contributed by atoms with van der Waals surface area (Å²) in [4.78, 5) is 14.7. The van der Waals surface area contributed by atoms with Gasteiger partial charge in [0, 0.05) is 19.3 Å². The lowest BCUT2D eigenvalue weighted by molar-refractivity contribution is -0.136. The zero-order valence-corrected chi connectivity index (χ0v) is 15.7. The standard InChI is InChI=1S/C19H32N2O3/c1-6-13-19(4,23-5)18(22)20-16-9-11-17(12-10-16)24-15-14-21(7-2)8-3/h9-12H,6-8,13-15H2,1-5H3,(H,20,22)/t19-/m1/s1. The third-order valence-corrected chi connectivity index (χ3v) is 4.34. The van der Waals surface area contributed by atoms with Crippen molar-refractivity contribution in [2.45, 2.75) is 46.1 Å². The SMILES string of the molecule is CCC[C@@](C)(OC)C(=O)Nc1ccc(OCCN(CC)CC)cc1. The van der Waals surface area contributed by atoms with Gasteiger partial charge in [-0.1, -0.05) is 27.2 Å². The van der Waals surface area contributed by atoms with Crippen LogP contribution in [0.3, 0.4) is 0 Å². The molecule has 0 aromatic heterocycles. The van der Waals surface area contributed by atoms with E-state index in [-0.39, 0.29) is 5.91 Å². The van der Waals surface area contributed by atoms with Gasteiger partial charge in [0.1, 0.15) is 18.0 Å². The fourth-order valence-corrected chi connectivity index (χ4v) is 2.52. The van der Waals surface area contributed by atoms with E-state index in [1.807, 2.05) is 38.1 Å². The van der Waals surface area contributed by atoms with Crippen LogP contribution in [0.5, 0.6) is 5.75 Å². The maximum absolute atomic E-state index is 12.4. The number of rotatable bonds is 11. The van der Waals surface area contributed by atoms with Gasteiger partial charge in [0.05, 0.1) is 0 Å². The molecule has 0 spiro atoms. The number of amides is 1. The molecule has 5 nitrogen and oxygen atoms in total. The number of nitrogens with zero attached hydrogens (tertiary/aromatic N) is 1. The van der Waals surface area contributed by atoms with Crippen LogP contribution < -0.4 is 10.1 Å². The number of nitrogens with one attached hydrogen (secondary N) is 1. The Morgan fingerprint density at radius 3 is 2.29 bits per heavy atom. The second-order valence-corrected chi connectivity index (χ2v) is 6.04. The molecule has 0 bridgehead atoms. The molecule has 24 heavy (non-hydrogen) atoms. The van der Waals surface area contributed by atoms with Crippen molar-refractivity contribution in [2.75, 3.05) is 38.7 Å². The van der Waals surface area contributed by atoms with Gasteiger partial charge in [0.15, 0.2) is 0 Å². The minimum absolute atomic E-state index is 0.123. The first-order chi connectivity index (χ1) is 11.5. The predicted molar refractivity (Wildman–Crippen MR) is 98.7 cm³/mol. The molecule has 0 heterocycles. The lowest BCUT2D eigenvalue weighted by Crippen LogP contribution is -2.41. The maximum atomic E-state index is 12.4. The molecule has 1 aromatic carbocycles. The molecule has 1 aromatic rings. The second-order valence-electron chi connectivity index (χ2n) is 6.04. The molecule has 1 rings (SSSR count). The van der Waals surface area contributed by atoms with E-state index >= 15 is 0 Å². The first-order valence-corrected chi connectivity index (χ1v) is 8.80. The summed E-state index contributed by atoms with van der Waals surface area (Å²) in [7, 11) is 1.57. The van der Waals surface area contributed by atoms with Crippen LogP contribution in [0.25, 0.3) is 0 Å². The zero-order chi connectivity index (χ0) is 18.0. The number of anilines is 1. The van der Waals surface area contributed by atoms with Gasteiger partial charge < -0.3 is 19.7 Å². The van der Waals surface area contributed by atoms with Crippen LogP contribution in [0, 0.1) is 0 Å². The highest BCUT2D eigenvalue weighted by molar-refractivity contribution is 5.97. The summed E-state index contributed by atoms with van der Waals surface area (Å²) < 4.78 is 11.1. The van der Waals surface area contributed by atoms with Gasteiger partial charge in [-0.05, 0) is 50.7 Å². The van der Waals surface area contributed by atoms with E-state index < -0.39 is 5.60 Å². The molecule has 1 atom stereocenters. The first-order valence-electron chi connectivity index (χ1n) is 8.80. The first kappa shape index (κ1) is 20.5. The normalized spacial score (nSPS) is 13.6. The number of benzene rings is 1. The summed E-state index contributed by atoms with van der Waals surface area (Å²) in [6, 6.07) is 7.46. The summed E-state index contributed by atoms with van der Waals surface area (Å²) in [6.45, 7) is 11.8. The van der Waals surface area contributed by atoms with Crippen LogP contribution in [-0.2, 0) is 9.53 Å². The van der Waals surface area contributed by atoms with Gasteiger partial charge in [0.25, 0.3) is 5.91 Å². The lowest BCUT2D eigenvalue weighted by Gasteiger charge is -2.26. The number of carbonyl (C=O) groups excluding carboxylic acids is 1. The molecular weight excluding hydrogens is 304 g/mol. The Morgan fingerprint density at radius 2 is 1.79 bits per heavy atom. The van der Waals surface area contributed by atoms with Crippen LogP contribution in [-0.4, -0.2) is 49.8 Å². The van der Waals surface area contributed by atoms with E-state index in [1.165, 1.54) is 0 Å². The van der Waals surface area contributed by atoms with Crippen molar-refractivity contribution < 1.29 is 14.3 Å². The summed E-state index contributed by atoms with van der Waals surface area (Å²) in [5.74, 6) is 0.685. The molecule has 0 unspecified atom stereocenters. The van der Waals surface area contributed by atoms with Crippen LogP contribution >= 0.6 is 0 Å². The largest absolute Gasteiger partial charge is 0.492 e. The Labute approximate surface area is 146 Å². The topological polar surface area (TPSA) is 50.8 Å². The summed E-state index contributed by atoms with van der Waals surface area (Å²) in [6.07, 6.45) is 1.57. The quantitative estimate of drug-likeness (QED) is 0.671. The molecule has 0 fully saturated rings. The van der Waals surface area contributed by atoms with Crippen molar-refractivity contribution in [2.24, 2.45) is 0 Å². The van der Waals surface area contributed by atoms with Crippen molar-refractivity contribution in [1.82, 2.24) is 4.90 Å². The minimum Gasteiger partial charge on any atom is -0.492 e. The monoisotopic (exact) mass is 336 g/mol. The van der Waals surface area contributed by atoms with E-state index in [0.717, 1.165) is 37.5 Å². The Kier molecular flexibility index (Phi) is 8.79. The Hall–Kier alpha value is -1.59. The number of carbonyl (C=O) groups is 1. The van der Waals surface area contributed by atoms with Crippen molar-refractivity contribution in [3.8, 4) is 5.75 Å². The average molecular weight is 336 g/mol. The van der Waals surface area contributed by atoms with Crippen LogP contribution in [0.2, 0.25) is 0 Å². The Morgan fingerprint density at radius 1 is 1.17 bits per heavy atom. The highest BCUT2D eigenvalue weighted by atomic mass is 16.5. The molecule has 136 valence electrons. The highest BCUT2D eigenvalue weighted by Gasteiger charge is 2.31. The highest BCUT2D eigenvalue weighted by Crippen LogP contribution is 2.21. The van der Waals surface area contributed by atoms with Gasteiger partial charge in [-0.2, -0.15) is 0 Å². The third kappa shape index (κ3) is 6.13.